The molecule has 0 saturated carbocycles. The quantitative estimate of drug-likeness (QED) is 0.642. The van der Waals surface area contributed by atoms with E-state index in [0.29, 0.717) is 38.8 Å². The van der Waals surface area contributed by atoms with Gasteiger partial charge >= 0.3 is 0 Å². The SMILES string of the molecule is CCCc1nc2ccccc2c(=O)n1/N=C/c1ccc(Cl)cc1Cl. The van der Waals surface area contributed by atoms with Gasteiger partial charge in [-0.15, -0.1) is 0 Å². The van der Waals surface area contributed by atoms with Crippen molar-refractivity contribution in [3.63, 3.8) is 0 Å². The molecule has 3 aromatic rings. The first-order valence-corrected chi connectivity index (χ1v) is 8.36. The number of fused-ring (bicyclic) bond motifs is 1. The number of halogens is 2. The third-order valence-corrected chi connectivity index (χ3v) is 4.13. The van der Waals surface area contributed by atoms with Crippen LogP contribution in [0.4, 0.5) is 0 Å². The molecule has 0 amide bonds. The highest BCUT2D eigenvalue weighted by molar-refractivity contribution is 6.36. The summed E-state index contributed by atoms with van der Waals surface area (Å²) in [5.41, 5.74) is 1.18. The van der Waals surface area contributed by atoms with Crippen molar-refractivity contribution in [3.8, 4) is 0 Å². The summed E-state index contributed by atoms with van der Waals surface area (Å²) in [6, 6.07) is 12.4. The maximum atomic E-state index is 12.7. The number of aromatic nitrogens is 2. The molecule has 1 heterocycles. The van der Waals surface area contributed by atoms with E-state index in [1.807, 2.05) is 25.1 Å². The van der Waals surface area contributed by atoms with Gasteiger partial charge in [-0.1, -0.05) is 48.3 Å². The van der Waals surface area contributed by atoms with Crippen LogP contribution in [0, 0.1) is 0 Å². The highest BCUT2D eigenvalue weighted by Gasteiger charge is 2.09. The largest absolute Gasteiger partial charge is 0.282 e. The smallest absolute Gasteiger partial charge is 0.267 e. The summed E-state index contributed by atoms with van der Waals surface area (Å²) in [4.78, 5) is 17.3. The van der Waals surface area contributed by atoms with Crippen LogP contribution in [0.15, 0.2) is 52.4 Å². The molecule has 3 rings (SSSR count). The Kier molecular flexibility index (Phi) is 4.97. The molecule has 0 aliphatic rings. The minimum Gasteiger partial charge on any atom is -0.267 e. The van der Waals surface area contributed by atoms with E-state index in [0.717, 1.165) is 6.42 Å². The van der Waals surface area contributed by atoms with E-state index in [2.05, 4.69) is 10.1 Å². The molecular weight excluding hydrogens is 345 g/mol. The Morgan fingerprint density at radius 2 is 2.00 bits per heavy atom. The molecule has 0 fully saturated rings. The number of para-hydroxylation sites is 1. The van der Waals surface area contributed by atoms with Crippen LogP contribution in [0.2, 0.25) is 10.0 Å². The Hall–Kier alpha value is -2.17. The molecule has 2 aromatic carbocycles. The number of aryl methyl sites for hydroxylation is 1. The van der Waals surface area contributed by atoms with Crippen LogP contribution in [0.5, 0.6) is 0 Å². The maximum absolute atomic E-state index is 12.7. The van der Waals surface area contributed by atoms with E-state index in [-0.39, 0.29) is 5.56 Å². The Bertz CT molecular complexity index is 980. The van der Waals surface area contributed by atoms with Gasteiger partial charge in [-0.3, -0.25) is 4.79 Å². The second kappa shape index (κ2) is 7.16. The molecule has 24 heavy (non-hydrogen) atoms. The zero-order chi connectivity index (χ0) is 17.1. The maximum Gasteiger partial charge on any atom is 0.282 e. The van der Waals surface area contributed by atoms with Gasteiger partial charge in [0, 0.05) is 17.0 Å². The number of hydrogen-bond acceptors (Lipinski definition) is 3. The Morgan fingerprint density at radius 1 is 1.21 bits per heavy atom. The summed E-state index contributed by atoms with van der Waals surface area (Å²) in [6.45, 7) is 2.03. The third kappa shape index (κ3) is 3.35. The van der Waals surface area contributed by atoms with E-state index in [1.54, 1.807) is 30.5 Å². The van der Waals surface area contributed by atoms with Crippen molar-refractivity contribution in [2.45, 2.75) is 19.8 Å². The van der Waals surface area contributed by atoms with E-state index >= 15 is 0 Å². The summed E-state index contributed by atoms with van der Waals surface area (Å²) >= 11 is 12.0. The normalized spacial score (nSPS) is 11.5. The first kappa shape index (κ1) is 16.7. The molecule has 0 radical (unpaired) electrons. The first-order chi connectivity index (χ1) is 11.6. The summed E-state index contributed by atoms with van der Waals surface area (Å²) in [6.07, 6.45) is 3.07. The van der Waals surface area contributed by atoms with E-state index in [4.69, 9.17) is 23.2 Å². The van der Waals surface area contributed by atoms with E-state index < -0.39 is 0 Å². The van der Waals surface area contributed by atoms with Crippen LogP contribution < -0.4 is 5.56 Å². The van der Waals surface area contributed by atoms with Crippen molar-refractivity contribution in [1.82, 2.24) is 9.66 Å². The zero-order valence-electron chi connectivity index (χ0n) is 13.0. The van der Waals surface area contributed by atoms with Crippen molar-refractivity contribution >= 4 is 40.3 Å². The Balaban J connectivity index is 2.13. The van der Waals surface area contributed by atoms with Gasteiger partial charge in [0.1, 0.15) is 5.82 Å². The van der Waals surface area contributed by atoms with Gasteiger partial charge in [-0.05, 0) is 30.7 Å². The third-order valence-electron chi connectivity index (χ3n) is 3.57. The average molecular weight is 360 g/mol. The lowest BCUT2D eigenvalue weighted by molar-refractivity contribution is 0.704. The number of nitrogens with zero attached hydrogens (tertiary/aromatic N) is 3. The monoisotopic (exact) mass is 359 g/mol. The zero-order valence-corrected chi connectivity index (χ0v) is 14.6. The molecule has 1 aromatic heterocycles. The molecule has 0 aliphatic heterocycles. The summed E-state index contributed by atoms with van der Waals surface area (Å²) in [5.74, 6) is 0.627. The van der Waals surface area contributed by atoms with Crippen LogP contribution in [-0.4, -0.2) is 15.9 Å². The fourth-order valence-corrected chi connectivity index (χ4v) is 2.86. The molecule has 0 N–H and O–H groups in total. The predicted molar refractivity (Wildman–Crippen MR) is 99.5 cm³/mol. The van der Waals surface area contributed by atoms with Gasteiger partial charge in [-0.2, -0.15) is 9.78 Å². The topological polar surface area (TPSA) is 47.2 Å². The predicted octanol–water partition coefficient (Wildman–Crippen LogP) is 4.54. The summed E-state index contributed by atoms with van der Waals surface area (Å²) < 4.78 is 1.34. The van der Waals surface area contributed by atoms with Gasteiger partial charge < -0.3 is 0 Å². The lowest BCUT2D eigenvalue weighted by atomic mass is 10.2. The second-order valence-electron chi connectivity index (χ2n) is 5.32. The fourth-order valence-electron chi connectivity index (χ4n) is 2.40. The van der Waals surface area contributed by atoms with Gasteiger partial charge in [0.25, 0.3) is 5.56 Å². The lowest BCUT2D eigenvalue weighted by Crippen LogP contribution is -2.22. The molecule has 0 spiro atoms. The standard InChI is InChI=1S/C18H15Cl2N3O/c1-2-5-17-22-16-7-4-3-6-14(16)18(24)23(17)21-11-12-8-9-13(19)10-15(12)20/h3-4,6-11H,2,5H2,1H3/b21-11+. The molecular formula is C18H15Cl2N3O. The van der Waals surface area contributed by atoms with Crippen molar-refractivity contribution in [2.75, 3.05) is 0 Å². The molecule has 122 valence electrons. The van der Waals surface area contributed by atoms with Gasteiger partial charge in [0.05, 0.1) is 22.1 Å². The molecule has 4 nitrogen and oxygen atoms in total. The van der Waals surface area contributed by atoms with Crippen molar-refractivity contribution in [2.24, 2.45) is 5.10 Å². The van der Waals surface area contributed by atoms with Crippen molar-refractivity contribution in [1.29, 1.82) is 0 Å². The minimum absolute atomic E-state index is 0.189. The van der Waals surface area contributed by atoms with Gasteiger partial charge in [-0.25, -0.2) is 4.98 Å². The van der Waals surface area contributed by atoms with Crippen LogP contribution in [0.1, 0.15) is 24.7 Å². The number of benzene rings is 2. The van der Waals surface area contributed by atoms with E-state index in [1.165, 1.54) is 4.68 Å². The highest BCUT2D eigenvalue weighted by Crippen LogP contribution is 2.19. The molecule has 0 saturated heterocycles. The molecule has 0 atom stereocenters. The minimum atomic E-state index is -0.189. The van der Waals surface area contributed by atoms with Crippen LogP contribution in [0.3, 0.4) is 0 Å². The highest BCUT2D eigenvalue weighted by atomic mass is 35.5. The summed E-state index contributed by atoms with van der Waals surface area (Å²) in [5, 5.41) is 5.89. The first-order valence-electron chi connectivity index (χ1n) is 7.60. The molecule has 6 heteroatoms. The average Bonchev–Trinajstić information content (AvgIpc) is 2.56. The molecule has 0 unspecified atom stereocenters. The van der Waals surface area contributed by atoms with E-state index in [9.17, 15) is 4.79 Å². The molecule has 0 bridgehead atoms. The van der Waals surface area contributed by atoms with Crippen molar-refractivity contribution < 1.29 is 0 Å². The van der Waals surface area contributed by atoms with Crippen LogP contribution in [0.25, 0.3) is 10.9 Å². The van der Waals surface area contributed by atoms with Crippen LogP contribution in [-0.2, 0) is 6.42 Å². The van der Waals surface area contributed by atoms with Crippen LogP contribution >= 0.6 is 23.2 Å². The van der Waals surface area contributed by atoms with Crippen molar-refractivity contribution in [3.05, 3.63) is 74.3 Å². The second-order valence-corrected chi connectivity index (χ2v) is 6.17. The lowest BCUT2D eigenvalue weighted by Gasteiger charge is -2.08. The van der Waals surface area contributed by atoms with Gasteiger partial charge in [0.2, 0.25) is 0 Å². The Morgan fingerprint density at radius 3 is 2.75 bits per heavy atom. The Labute approximate surface area is 149 Å². The molecule has 0 aliphatic carbocycles. The number of rotatable bonds is 4. The number of hydrogen-bond donors (Lipinski definition) is 0. The van der Waals surface area contributed by atoms with Gasteiger partial charge in [0.15, 0.2) is 0 Å². The summed E-state index contributed by atoms with van der Waals surface area (Å²) in [7, 11) is 0. The fraction of sp³-hybridized carbons (Fsp3) is 0.167.